The van der Waals surface area contributed by atoms with Crippen molar-refractivity contribution in [3.8, 4) is 0 Å². The minimum absolute atomic E-state index is 0.124. The van der Waals surface area contributed by atoms with Crippen LogP contribution in [0.2, 0.25) is 0 Å². The van der Waals surface area contributed by atoms with Gasteiger partial charge in [0.05, 0.1) is 24.1 Å². The number of para-hydroxylation sites is 1. The number of thioether (sulfide) groups is 1. The van der Waals surface area contributed by atoms with Crippen LogP contribution in [0.5, 0.6) is 0 Å². The Morgan fingerprint density at radius 1 is 1.30 bits per heavy atom. The number of hydrogen-bond acceptors (Lipinski definition) is 7. The Kier molecular flexibility index (Phi) is 5.08. The maximum atomic E-state index is 13.3. The predicted octanol–water partition coefficient (Wildman–Crippen LogP) is 2.42. The number of nitrogens with zero attached hydrogens (tertiary/aromatic N) is 6. The summed E-state index contributed by atoms with van der Waals surface area (Å²) in [5.74, 6) is 1.58. The van der Waals surface area contributed by atoms with Gasteiger partial charge in [0.25, 0.3) is 5.56 Å². The molecule has 0 aliphatic carbocycles. The van der Waals surface area contributed by atoms with Gasteiger partial charge in [-0.3, -0.25) is 9.79 Å². The average Bonchev–Trinajstić information content (AvgIpc) is 3.15. The fraction of sp³-hybridized carbons (Fsp3) is 0.429. The number of aliphatic imine (C=N–C) groups is 1. The first-order valence-corrected chi connectivity index (χ1v) is 11.4. The van der Waals surface area contributed by atoms with Crippen LogP contribution >= 0.6 is 11.8 Å². The molecule has 1 aromatic carbocycles. The molecule has 0 amide bonds. The maximum absolute atomic E-state index is 13.3. The summed E-state index contributed by atoms with van der Waals surface area (Å²) >= 11 is 1.75. The second kappa shape index (κ2) is 7.88. The normalized spacial score (nSPS) is 19.1. The Hall–Kier alpha value is -2.65. The van der Waals surface area contributed by atoms with Crippen molar-refractivity contribution >= 4 is 40.1 Å². The second-order valence-corrected chi connectivity index (χ2v) is 8.80. The maximum Gasteiger partial charge on any atom is 0.293 e. The molecule has 4 heterocycles. The molecule has 5 rings (SSSR count). The quantitative estimate of drug-likeness (QED) is 0.693. The van der Waals surface area contributed by atoms with E-state index in [1.54, 1.807) is 18.0 Å². The molecule has 0 spiro atoms. The number of fused-ring (bicyclic) bond motifs is 2. The van der Waals surface area contributed by atoms with E-state index in [0.29, 0.717) is 24.1 Å². The Bertz CT molecular complexity index is 1180. The summed E-state index contributed by atoms with van der Waals surface area (Å²) in [5.41, 5.74) is 9.18. The fourth-order valence-corrected chi connectivity index (χ4v) is 5.12. The number of rotatable bonds is 4. The van der Waals surface area contributed by atoms with Gasteiger partial charge < -0.3 is 15.2 Å². The molecule has 2 aliphatic rings. The first-order chi connectivity index (χ1) is 14.6. The molecule has 2 aliphatic heterocycles. The lowest BCUT2D eigenvalue weighted by molar-refractivity contribution is 0.494. The van der Waals surface area contributed by atoms with Gasteiger partial charge in [0, 0.05) is 36.3 Å². The number of anilines is 1. The molecule has 9 heteroatoms. The Balaban J connectivity index is 1.51. The van der Waals surface area contributed by atoms with E-state index < -0.39 is 0 Å². The first kappa shape index (κ1) is 19.3. The van der Waals surface area contributed by atoms with Crippen LogP contribution in [0.1, 0.15) is 19.8 Å². The van der Waals surface area contributed by atoms with E-state index in [-0.39, 0.29) is 11.6 Å². The van der Waals surface area contributed by atoms with Crippen LogP contribution in [0.4, 0.5) is 11.6 Å². The van der Waals surface area contributed by atoms with Crippen molar-refractivity contribution in [3.05, 3.63) is 40.8 Å². The van der Waals surface area contributed by atoms with Gasteiger partial charge >= 0.3 is 0 Å². The van der Waals surface area contributed by atoms with Crippen molar-refractivity contribution in [3.63, 3.8) is 0 Å². The Morgan fingerprint density at radius 2 is 2.17 bits per heavy atom. The summed E-state index contributed by atoms with van der Waals surface area (Å²) in [6, 6.07) is 8.22. The summed E-state index contributed by atoms with van der Waals surface area (Å²) in [7, 11) is 0. The molecule has 2 N–H and O–H groups in total. The van der Waals surface area contributed by atoms with Gasteiger partial charge in [-0.2, -0.15) is 5.10 Å². The summed E-state index contributed by atoms with van der Waals surface area (Å²) in [6.07, 6.45) is 3.76. The van der Waals surface area contributed by atoms with E-state index in [1.807, 2.05) is 29.7 Å². The van der Waals surface area contributed by atoms with Gasteiger partial charge in [0.1, 0.15) is 11.0 Å². The molecule has 30 heavy (non-hydrogen) atoms. The van der Waals surface area contributed by atoms with Crippen LogP contribution in [0.25, 0.3) is 11.0 Å². The number of benzene rings is 1. The van der Waals surface area contributed by atoms with Gasteiger partial charge in [0.15, 0.2) is 0 Å². The molecule has 1 saturated heterocycles. The van der Waals surface area contributed by atoms with E-state index in [0.717, 1.165) is 49.0 Å². The molecule has 1 atom stereocenters. The average molecular weight is 424 g/mol. The second-order valence-electron chi connectivity index (χ2n) is 7.78. The van der Waals surface area contributed by atoms with Crippen molar-refractivity contribution in [1.82, 2.24) is 19.3 Å². The lowest BCUT2D eigenvalue weighted by Gasteiger charge is -2.31. The number of aromatic nitrogens is 4. The zero-order valence-electron chi connectivity index (χ0n) is 17.0. The zero-order chi connectivity index (χ0) is 20.7. The van der Waals surface area contributed by atoms with Crippen LogP contribution in [-0.2, 0) is 13.1 Å². The van der Waals surface area contributed by atoms with Crippen LogP contribution in [0, 0.1) is 0 Å². The number of hydrogen-bond donors (Lipinski definition) is 1. The number of piperidine rings is 1. The van der Waals surface area contributed by atoms with Crippen molar-refractivity contribution < 1.29 is 0 Å². The van der Waals surface area contributed by atoms with Crippen LogP contribution < -0.4 is 16.2 Å². The summed E-state index contributed by atoms with van der Waals surface area (Å²) in [6.45, 7) is 4.76. The van der Waals surface area contributed by atoms with Crippen molar-refractivity contribution in [2.75, 3.05) is 23.7 Å². The van der Waals surface area contributed by atoms with Crippen LogP contribution in [0.3, 0.4) is 0 Å². The van der Waals surface area contributed by atoms with Gasteiger partial charge in [-0.05, 0) is 31.9 Å². The standard InChI is InChI=1S/C21H25N7OS/c1-2-27-19-17(25-21(27)26-9-5-6-14(22)11-26)10-23-28(20(19)29)12-15-13-30-18-8-4-3-7-16(18)24-15/h3-4,7-8,10,14H,2,5-6,9,11-13,22H2,1H3. The fourth-order valence-electron chi connectivity index (χ4n) is 4.21. The topological polar surface area (TPSA) is 94.3 Å². The largest absolute Gasteiger partial charge is 0.341 e. The Morgan fingerprint density at radius 3 is 3.00 bits per heavy atom. The Labute approximate surface area is 178 Å². The molecule has 0 radical (unpaired) electrons. The molecule has 1 unspecified atom stereocenters. The molecule has 0 bridgehead atoms. The predicted molar refractivity (Wildman–Crippen MR) is 121 cm³/mol. The molecule has 3 aromatic rings. The molecular weight excluding hydrogens is 398 g/mol. The lowest BCUT2D eigenvalue weighted by Crippen LogP contribution is -2.44. The summed E-state index contributed by atoms with van der Waals surface area (Å²) in [5, 5.41) is 4.40. The van der Waals surface area contributed by atoms with E-state index in [9.17, 15) is 4.79 Å². The highest BCUT2D eigenvalue weighted by molar-refractivity contribution is 8.00. The SMILES string of the molecule is CCn1c(N2CCCC(N)C2)nc2cnn(CC3=Nc4ccccc4SC3)c(=O)c21. The van der Waals surface area contributed by atoms with E-state index in [2.05, 4.69) is 16.1 Å². The number of nitrogens with two attached hydrogens (primary N) is 1. The highest BCUT2D eigenvalue weighted by Gasteiger charge is 2.24. The monoisotopic (exact) mass is 423 g/mol. The van der Waals surface area contributed by atoms with E-state index >= 15 is 0 Å². The molecule has 156 valence electrons. The highest BCUT2D eigenvalue weighted by Crippen LogP contribution is 2.33. The third-order valence-electron chi connectivity index (χ3n) is 5.66. The highest BCUT2D eigenvalue weighted by atomic mass is 32.2. The summed E-state index contributed by atoms with van der Waals surface area (Å²) in [4.78, 5) is 26.2. The van der Waals surface area contributed by atoms with Gasteiger partial charge in [-0.15, -0.1) is 11.8 Å². The van der Waals surface area contributed by atoms with Crippen molar-refractivity contribution in [2.24, 2.45) is 10.7 Å². The van der Waals surface area contributed by atoms with E-state index in [1.165, 1.54) is 9.58 Å². The number of imidazole rings is 1. The number of aryl methyl sites for hydroxylation is 1. The zero-order valence-corrected chi connectivity index (χ0v) is 17.8. The lowest BCUT2D eigenvalue weighted by atomic mass is 10.1. The van der Waals surface area contributed by atoms with Crippen LogP contribution in [0.15, 0.2) is 45.1 Å². The van der Waals surface area contributed by atoms with Crippen molar-refractivity contribution in [2.45, 2.75) is 43.8 Å². The third-order valence-corrected chi connectivity index (χ3v) is 6.79. The molecule has 1 fully saturated rings. The molecule has 8 nitrogen and oxygen atoms in total. The molecular formula is C21H25N7OS. The van der Waals surface area contributed by atoms with Crippen LogP contribution in [-0.4, -0.2) is 49.9 Å². The molecule has 0 saturated carbocycles. The third kappa shape index (κ3) is 3.41. The molecule has 2 aromatic heterocycles. The minimum Gasteiger partial charge on any atom is -0.341 e. The minimum atomic E-state index is -0.124. The van der Waals surface area contributed by atoms with Gasteiger partial charge in [0.2, 0.25) is 5.95 Å². The van der Waals surface area contributed by atoms with Gasteiger partial charge in [-0.25, -0.2) is 9.67 Å². The summed E-state index contributed by atoms with van der Waals surface area (Å²) < 4.78 is 3.51. The van der Waals surface area contributed by atoms with E-state index in [4.69, 9.17) is 15.7 Å². The van der Waals surface area contributed by atoms with Crippen molar-refractivity contribution in [1.29, 1.82) is 0 Å². The first-order valence-electron chi connectivity index (χ1n) is 10.4. The smallest absolute Gasteiger partial charge is 0.293 e. The van der Waals surface area contributed by atoms with Gasteiger partial charge in [-0.1, -0.05) is 12.1 Å².